The maximum absolute atomic E-state index is 13.1. The van der Waals surface area contributed by atoms with Gasteiger partial charge in [-0.1, -0.05) is 89.9 Å². The highest BCUT2D eigenvalue weighted by Gasteiger charge is 2.43. The summed E-state index contributed by atoms with van der Waals surface area (Å²) in [7, 11) is 0. The highest BCUT2D eigenvalue weighted by molar-refractivity contribution is 6.35. The molecular formula is C39H36Cl2N4O2. The maximum Gasteiger partial charge on any atom is 0.250 e. The van der Waals surface area contributed by atoms with E-state index in [4.69, 9.17) is 27.9 Å². The van der Waals surface area contributed by atoms with Gasteiger partial charge in [0, 0.05) is 34.9 Å². The van der Waals surface area contributed by atoms with E-state index in [9.17, 15) is 15.3 Å². The van der Waals surface area contributed by atoms with Crippen LogP contribution in [0.25, 0.3) is 11.1 Å². The van der Waals surface area contributed by atoms with Gasteiger partial charge in [-0.25, -0.2) is 0 Å². The number of halogens is 2. The van der Waals surface area contributed by atoms with E-state index in [1.807, 2.05) is 36.4 Å². The minimum atomic E-state index is -0.651. The smallest absolute Gasteiger partial charge is 0.250 e. The number of piperidine rings is 1. The molecule has 1 aliphatic heterocycles. The third-order valence-corrected chi connectivity index (χ3v) is 10.3. The summed E-state index contributed by atoms with van der Waals surface area (Å²) < 4.78 is 6.59. The molecular weight excluding hydrogens is 627 g/mol. The van der Waals surface area contributed by atoms with Gasteiger partial charge in [-0.2, -0.15) is 10.5 Å². The van der Waals surface area contributed by atoms with Gasteiger partial charge in [-0.15, -0.1) is 0 Å². The van der Waals surface area contributed by atoms with Crippen LogP contribution in [0.1, 0.15) is 55.2 Å². The summed E-state index contributed by atoms with van der Waals surface area (Å²) in [5.74, 6) is -0.281. The Balaban J connectivity index is 1.17. The van der Waals surface area contributed by atoms with Gasteiger partial charge in [0.15, 0.2) is 0 Å². The molecule has 238 valence electrons. The lowest BCUT2D eigenvalue weighted by Crippen LogP contribution is -2.50. The van der Waals surface area contributed by atoms with E-state index in [1.54, 1.807) is 24.3 Å². The summed E-state index contributed by atoms with van der Waals surface area (Å²) in [5.41, 5.74) is 4.18. The van der Waals surface area contributed by atoms with E-state index in [2.05, 4.69) is 58.8 Å². The molecule has 0 atom stereocenters. The second kappa shape index (κ2) is 14.3. The monoisotopic (exact) mass is 662 g/mol. The molecule has 8 heteroatoms. The highest BCUT2D eigenvalue weighted by Crippen LogP contribution is 2.43. The summed E-state index contributed by atoms with van der Waals surface area (Å²) in [5, 5.41) is 23.3. The lowest BCUT2D eigenvalue weighted by molar-refractivity contribution is -0.136. The third-order valence-electron chi connectivity index (χ3n) is 9.83. The Morgan fingerprint density at radius 3 is 2.13 bits per heavy atom. The number of hydrogen-bond acceptors (Lipinski definition) is 5. The Bertz CT molecular complexity index is 1780. The number of hydrogen-bond donors (Lipinski definition) is 1. The van der Waals surface area contributed by atoms with Gasteiger partial charge in [-0.05, 0) is 91.1 Å². The predicted molar refractivity (Wildman–Crippen MR) is 186 cm³/mol. The number of ether oxygens (including phenoxy) is 1. The van der Waals surface area contributed by atoms with Crippen LogP contribution in [-0.2, 0) is 20.5 Å². The summed E-state index contributed by atoms with van der Waals surface area (Å²) in [6.45, 7) is 1.53. The molecule has 47 heavy (non-hydrogen) atoms. The molecule has 6 nitrogen and oxygen atoms in total. The van der Waals surface area contributed by atoms with Crippen LogP contribution < -0.4 is 5.32 Å². The first-order valence-corrected chi connectivity index (χ1v) is 16.8. The highest BCUT2D eigenvalue weighted by atomic mass is 35.5. The summed E-state index contributed by atoms with van der Waals surface area (Å²) in [6.07, 6.45) is 5.09. The van der Waals surface area contributed by atoms with Crippen molar-refractivity contribution >= 4 is 34.8 Å². The average molecular weight is 664 g/mol. The van der Waals surface area contributed by atoms with Crippen molar-refractivity contribution in [1.82, 2.24) is 4.90 Å². The molecule has 4 aromatic rings. The molecule has 0 aromatic heterocycles. The fourth-order valence-corrected chi connectivity index (χ4v) is 7.74. The minimum absolute atomic E-state index is 0.124. The fraction of sp³-hybridized carbons (Fsp3) is 0.308. The van der Waals surface area contributed by atoms with Crippen molar-refractivity contribution in [3.8, 4) is 23.3 Å². The van der Waals surface area contributed by atoms with Gasteiger partial charge < -0.3 is 15.0 Å². The number of nitriles is 2. The van der Waals surface area contributed by atoms with Crippen molar-refractivity contribution in [3.63, 3.8) is 0 Å². The standard InChI is InChI=1S/C39H36Cl2N4O2/c40-33-22-34(41)24-35(23-33)44-37(46)26-47-39(32-11-9-29(10-12-32)30-6-4-5-28(21-30)25-42)17-19-45(20-18-39)36-13-15-38(27-43,16-14-36)31-7-2-1-3-8-31/h1-12,21-24,36H,13-20,26H2,(H,44,46). The first-order chi connectivity index (χ1) is 22.8. The van der Waals surface area contributed by atoms with E-state index >= 15 is 0 Å². The van der Waals surface area contributed by atoms with E-state index in [0.29, 0.717) is 27.3 Å². The van der Waals surface area contributed by atoms with Crippen LogP contribution in [0.4, 0.5) is 5.69 Å². The van der Waals surface area contributed by atoms with Gasteiger partial charge in [0.25, 0.3) is 0 Å². The number of nitrogens with one attached hydrogen (secondary N) is 1. The Morgan fingerprint density at radius 2 is 1.49 bits per heavy atom. The first kappa shape index (κ1) is 32.8. The molecule has 0 bridgehead atoms. The lowest BCUT2D eigenvalue weighted by Gasteiger charge is -2.47. The van der Waals surface area contributed by atoms with Crippen LogP contribution >= 0.6 is 23.2 Å². The zero-order valence-corrected chi connectivity index (χ0v) is 27.6. The third kappa shape index (κ3) is 7.38. The number of carbonyl (C=O) groups is 1. The number of nitrogens with zero attached hydrogens (tertiary/aromatic N) is 3. The van der Waals surface area contributed by atoms with Gasteiger partial charge >= 0.3 is 0 Å². The molecule has 1 heterocycles. The summed E-state index contributed by atoms with van der Waals surface area (Å²) >= 11 is 12.3. The first-order valence-electron chi connectivity index (χ1n) is 16.0. The lowest BCUT2D eigenvalue weighted by atomic mass is 9.68. The Kier molecular flexibility index (Phi) is 9.97. The molecule has 1 N–H and O–H groups in total. The molecule has 0 radical (unpaired) electrons. The maximum atomic E-state index is 13.1. The molecule has 1 amide bonds. The number of rotatable bonds is 8. The summed E-state index contributed by atoms with van der Waals surface area (Å²) in [6, 6.07) is 36.3. The van der Waals surface area contributed by atoms with Crippen LogP contribution in [0.3, 0.4) is 0 Å². The van der Waals surface area contributed by atoms with E-state index in [-0.39, 0.29) is 12.5 Å². The second-order valence-electron chi connectivity index (χ2n) is 12.6. The fourth-order valence-electron chi connectivity index (χ4n) is 7.21. The number of amides is 1. The van der Waals surface area contributed by atoms with Crippen molar-refractivity contribution in [2.45, 2.75) is 55.6 Å². The van der Waals surface area contributed by atoms with Crippen LogP contribution in [0.5, 0.6) is 0 Å². The van der Waals surface area contributed by atoms with E-state index in [0.717, 1.165) is 73.9 Å². The number of carbonyl (C=O) groups excluding carboxylic acids is 1. The zero-order valence-electron chi connectivity index (χ0n) is 26.1. The second-order valence-corrected chi connectivity index (χ2v) is 13.5. The van der Waals surface area contributed by atoms with Crippen molar-refractivity contribution in [2.75, 3.05) is 25.0 Å². The topological polar surface area (TPSA) is 89.2 Å². The molecule has 4 aromatic carbocycles. The van der Waals surface area contributed by atoms with Crippen molar-refractivity contribution in [2.24, 2.45) is 0 Å². The Labute approximate surface area is 286 Å². The van der Waals surface area contributed by atoms with Crippen LogP contribution in [0.15, 0.2) is 97.1 Å². The zero-order chi connectivity index (χ0) is 32.9. The number of likely N-dealkylation sites (tertiary alicyclic amines) is 1. The molecule has 1 saturated carbocycles. The van der Waals surface area contributed by atoms with E-state index in [1.165, 1.54) is 0 Å². The van der Waals surface area contributed by atoms with Crippen LogP contribution in [-0.4, -0.2) is 36.5 Å². The molecule has 2 fully saturated rings. The van der Waals surface area contributed by atoms with Crippen molar-refractivity contribution in [1.29, 1.82) is 10.5 Å². The van der Waals surface area contributed by atoms with Crippen LogP contribution in [0.2, 0.25) is 10.0 Å². The predicted octanol–water partition coefficient (Wildman–Crippen LogP) is 8.88. The molecule has 0 spiro atoms. The van der Waals surface area contributed by atoms with E-state index < -0.39 is 11.0 Å². The largest absolute Gasteiger partial charge is 0.360 e. The molecule has 6 rings (SSSR count). The molecule has 0 unspecified atom stereocenters. The normalized spacial score (nSPS) is 20.9. The quantitative estimate of drug-likeness (QED) is 0.203. The van der Waals surface area contributed by atoms with Crippen LogP contribution in [0, 0.1) is 22.7 Å². The van der Waals surface area contributed by atoms with Gasteiger partial charge in [-0.3, -0.25) is 4.79 Å². The van der Waals surface area contributed by atoms with Gasteiger partial charge in [0.05, 0.1) is 28.7 Å². The Morgan fingerprint density at radius 1 is 0.809 bits per heavy atom. The molecule has 1 aliphatic carbocycles. The van der Waals surface area contributed by atoms with Crippen molar-refractivity contribution in [3.05, 3.63) is 124 Å². The Hall–Kier alpha value is -4.17. The number of benzene rings is 4. The minimum Gasteiger partial charge on any atom is -0.360 e. The summed E-state index contributed by atoms with van der Waals surface area (Å²) in [4.78, 5) is 15.6. The molecule has 1 saturated heterocycles. The SMILES string of the molecule is N#Cc1cccc(-c2ccc(C3(OCC(=O)Nc4cc(Cl)cc(Cl)c4)CCN(C4CCC(C#N)(c5ccccc5)CC4)CC3)cc2)c1. The number of anilines is 1. The molecule has 2 aliphatic rings. The average Bonchev–Trinajstić information content (AvgIpc) is 3.11. The van der Waals surface area contributed by atoms with Crippen molar-refractivity contribution < 1.29 is 9.53 Å². The van der Waals surface area contributed by atoms with Gasteiger partial charge in [0.1, 0.15) is 6.61 Å². The van der Waals surface area contributed by atoms with Gasteiger partial charge in [0.2, 0.25) is 5.91 Å².